The number of thiophene rings is 1. The number of nitrogens with one attached hydrogen (secondary N) is 1. The second kappa shape index (κ2) is 7.42. The third-order valence-corrected chi connectivity index (χ3v) is 5.59. The predicted octanol–water partition coefficient (Wildman–Crippen LogP) is 4.18. The molecular weight excluding hydrogens is 334 g/mol. The van der Waals surface area contributed by atoms with Crippen LogP contribution in [0.25, 0.3) is 5.57 Å². The fourth-order valence-corrected chi connectivity index (χ4v) is 4.11. The van der Waals surface area contributed by atoms with Gasteiger partial charge in [-0.3, -0.25) is 4.79 Å². The van der Waals surface area contributed by atoms with Crippen molar-refractivity contribution in [1.82, 2.24) is 5.32 Å². The maximum absolute atomic E-state index is 11.4. The molecule has 0 amide bonds. The van der Waals surface area contributed by atoms with Gasteiger partial charge in [0.2, 0.25) is 0 Å². The van der Waals surface area contributed by atoms with Gasteiger partial charge in [-0.2, -0.15) is 0 Å². The van der Waals surface area contributed by atoms with Gasteiger partial charge in [0.05, 0.1) is 5.92 Å². The van der Waals surface area contributed by atoms with E-state index in [0.717, 1.165) is 35.4 Å². The Bertz CT molecular complexity index is 822. The summed E-state index contributed by atoms with van der Waals surface area (Å²) in [5, 5.41) is 12.5. The number of hydrogen-bond donors (Lipinski definition) is 2. The Hall–Kier alpha value is -2.11. The molecule has 1 aliphatic heterocycles. The third kappa shape index (κ3) is 3.62. The van der Waals surface area contributed by atoms with Gasteiger partial charge in [-0.15, -0.1) is 11.3 Å². The SMILES string of the molecule is CNCC/C=C1\c2cc(C(C)C(=O)O)ccc2OCc2cc(C)sc21. The van der Waals surface area contributed by atoms with Crippen LogP contribution in [-0.4, -0.2) is 24.7 Å². The molecule has 0 aliphatic carbocycles. The Morgan fingerprint density at radius 1 is 1.44 bits per heavy atom. The maximum atomic E-state index is 11.4. The molecule has 4 nitrogen and oxygen atoms in total. The minimum atomic E-state index is -0.817. The van der Waals surface area contributed by atoms with E-state index in [-0.39, 0.29) is 0 Å². The highest BCUT2D eigenvalue weighted by Crippen LogP contribution is 2.41. The summed E-state index contributed by atoms with van der Waals surface area (Å²) in [6.07, 6.45) is 3.13. The van der Waals surface area contributed by atoms with Crippen LogP contribution in [0, 0.1) is 6.92 Å². The highest BCUT2D eigenvalue weighted by molar-refractivity contribution is 7.13. The lowest BCUT2D eigenvalue weighted by Gasteiger charge is -2.14. The topological polar surface area (TPSA) is 58.6 Å². The van der Waals surface area contributed by atoms with Crippen molar-refractivity contribution in [2.75, 3.05) is 13.6 Å². The molecule has 132 valence electrons. The lowest BCUT2D eigenvalue weighted by Crippen LogP contribution is -2.08. The van der Waals surface area contributed by atoms with Gasteiger partial charge in [0.1, 0.15) is 12.4 Å². The molecule has 5 heteroatoms. The van der Waals surface area contributed by atoms with Crippen molar-refractivity contribution in [3.05, 3.63) is 56.8 Å². The quantitative estimate of drug-likeness (QED) is 0.788. The lowest BCUT2D eigenvalue weighted by atomic mass is 9.94. The van der Waals surface area contributed by atoms with E-state index in [9.17, 15) is 9.90 Å². The van der Waals surface area contributed by atoms with Crippen molar-refractivity contribution in [1.29, 1.82) is 0 Å². The molecule has 0 spiro atoms. The van der Waals surface area contributed by atoms with Gasteiger partial charge in [-0.25, -0.2) is 0 Å². The fourth-order valence-electron chi connectivity index (χ4n) is 3.04. The van der Waals surface area contributed by atoms with Gasteiger partial charge in [0.25, 0.3) is 0 Å². The second-order valence-electron chi connectivity index (χ2n) is 6.33. The molecule has 25 heavy (non-hydrogen) atoms. The molecule has 0 saturated heterocycles. The van der Waals surface area contributed by atoms with E-state index >= 15 is 0 Å². The smallest absolute Gasteiger partial charge is 0.310 e. The molecule has 3 rings (SSSR count). The first kappa shape index (κ1) is 17.7. The summed E-state index contributed by atoms with van der Waals surface area (Å²) in [6.45, 7) is 5.26. The normalized spacial score (nSPS) is 15.9. The standard InChI is InChI=1S/C20H23NO3S/c1-12-9-15-11-24-18-7-6-14(13(2)20(22)23)10-17(18)16(19(15)25-12)5-4-8-21-3/h5-7,9-10,13,21H,4,8,11H2,1-3H3,(H,22,23)/b16-5+. The van der Waals surface area contributed by atoms with E-state index in [1.54, 1.807) is 18.3 Å². The number of rotatable bonds is 5. The van der Waals surface area contributed by atoms with Crippen LogP contribution in [0.3, 0.4) is 0 Å². The Balaban J connectivity index is 2.12. The van der Waals surface area contributed by atoms with Crippen LogP contribution in [0.15, 0.2) is 30.3 Å². The average molecular weight is 357 g/mol. The molecule has 1 unspecified atom stereocenters. The van der Waals surface area contributed by atoms with Gasteiger partial charge in [-0.05, 0) is 63.2 Å². The molecule has 0 radical (unpaired) electrons. The zero-order chi connectivity index (χ0) is 18.0. The molecule has 0 saturated carbocycles. The predicted molar refractivity (Wildman–Crippen MR) is 102 cm³/mol. The monoisotopic (exact) mass is 357 g/mol. The highest BCUT2D eigenvalue weighted by Gasteiger charge is 2.23. The van der Waals surface area contributed by atoms with E-state index < -0.39 is 11.9 Å². The first-order chi connectivity index (χ1) is 12.0. The van der Waals surface area contributed by atoms with Crippen LogP contribution in [0.2, 0.25) is 0 Å². The zero-order valence-corrected chi connectivity index (χ0v) is 15.6. The van der Waals surface area contributed by atoms with Gasteiger partial charge in [0.15, 0.2) is 0 Å². The Morgan fingerprint density at radius 2 is 2.24 bits per heavy atom. The average Bonchev–Trinajstić information content (AvgIpc) is 2.90. The number of benzene rings is 1. The summed E-state index contributed by atoms with van der Waals surface area (Å²) in [5.74, 6) is -0.544. The number of carbonyl (C=O) groups is 1. The maximum Gasteiger partial charge on any atom is 0.310 e. The zero-order valence-electron chi connectivity index (χ0n) is 14.8. The first-order valence-corrected chi connectivity index (χ1v) is 9.27. The Labute approximate surface area is 152 Å². The Kier molecular flexibility index (Phi) is 5.25. The number of aliphatic carboxylic acids is 1. The summed E-state index contributed by atoms with van der Waals surface area (Å²) in [7, 11) is 1.94. The summed E-state index contributed by atoms with van der Waals surface area (Å²) in [4.78, 5) is 13.9. The van der Waals surface area contributed by atoms with Crippen molar-refractivity contribution >= 4 is 22.9 Å². The van der Waals surface area contributed by atoms with Crippen LogP contribution in [0.5, 0.6) is 5.75 Å². The number of aryl methyl sites for hydroxylation is 1. The van der Waals surface area contributed by atoms with E-state index in [1.165, 1.54) is 15.3 Å². The molecule has 2 aromatic rings. The number of carboxylic acids is 1. The number of carboxylic acid groups (broad SMARTS) is 1. The van der Waals surface area contributed by atoms with E-state index in [1.807, 2.05) is 25.2 Å². The van der Waals surface area contributed by atoms with Gasteiger partial charge >= 0.3 is 5.97 Å². The van der Waals surface area contributed by atoms with Gasteiger partial charge < -0.3 is 15.2 Å². The molecule has 1 atom stereocenters. The molecule has 1 aliphatic rings. The molecule has 1 aromatic carbocycles. The number of ether oxygens (including phenoxy) is 1. The largest absolute Gasteiger partial charge is 0.488 e. The minimum Gasteiger partial charge on any atom is -0.488 e. The summed E-state index contributed by atoms with van der Waals surface area (Å²) in [5.41, 5.74) is 4.13. The summed E-state index contributed by atoms with van der Waals surface area (Å²) >= 11 is 1.77. The fraction of sp³-hybridized carbons (Fsp3) is 0.350. The molecule has 1 aromatic heterocycles. The third-order valence-electron chi connectivity index (χ3n) is 4.47. The molecule has 0 fully saturated rings. The van der Waals surface area contributed by atoms with E-state index in [4.69, 9.17) is 4.74 Å². The van der Waals surface area contributed by atoms with Crippen molar-refractivity contribution < 1.29 is 14.6 Å². The number of hydrogen-bond acceptors (Lipinski definition) is 4. The summed E-state index contributed by atoms with van der Waals surface area (Å²) in [6, 6.07) is 7.91. The van der Waals surface area contributed by atoms with E-state index in [0.29, 0.717) is 6.61 Å². The van der Waals surface area contributed by atoms with Crippen molar-refractivity contribution in [3.8, 4) is 5.75 Å². The van der Waals surface area contributed by atoms with Gasteiger partial charge in [0, 0.05) is 20.9 Å². The van der Waals surface area contributed by atoms with E-state index in [2.05, 4.69) is 24.4 Å². The van der Waals surface area contributed by atoms with Crippen LogP contribution in [0.4, 0.5) is 0 Å². The molecular formula is C20H23NO3S. The van der Waals surface area contributed by atoms with Crippen LogP contribution >= 0.6 is 11.3 Å². The van der Waals surface area contributed by atoms with Crippen LogP contribution in [-0.2, 0) is 11.4 Å². The lowest BCUT2D eigenvalue weighted by molar-refractivity contribution is -0.138. The molecule has 2 N–H and O–H groups in total. The molecule has 0 bridgehead atoms. The van der Waals surface area contributed by atoms with Crippen LogP contribution in [0.1, 0.15) is 45.7 Å². The molecule has 2 heterocycles. The minimum absolute atomic E-state index is 0.545. The Morgan fingerprint density at radius 3 is 2.96 bits per heavy atom. The summed E-state index contributed by atoms with van der Waals surface area (Å²) < 4.78 is 6.02. The first-order valence-electron chi connectivity index (χ1n) is 8.45. The van der Waals surface area contributed by atoms with Gasteiger partial charge in [-0.1, -0.05) is 12.1 Å². The number of fused-ring (bicyclic) bond motifs is 2. The van der Waals surface area contributed by atoms with Crippen molar-refractivity contribution in [2.24, 2.45) is 0 Å². The second-order valence-corrected chi connectivity index (χ2v) is 7.58. The van der Waals surface area contributed by atoms with Crippen molar-refractivity contribution in [2.45, 2.75) is 32.8 Å². The van der Waals surface area contributed by atoms with Crippen molar-refractivity contribution in [3.63, 3.8) is 0 Å². The van der Waals surface area contributed by atoms with Crippen LogP contribution < -0.4 is 10.1 Å². The highest BCUT2D eigenvalue weighted by atomic mass is 32.1.